The van der Waals surface area contributed by atoms with Gasteiger partial charge in [-0.3, -0.25) is 4.79 Å². The van der Waals surface area contributed by atoms with Crippen LogP contribution in [0.3, 0.4) is 0 Å². The molecule has 1 saturated heterocycles. The zero-order chi connectivity index (χ0) is 16.3. The van der Waals surface area contributed by atoms with Crippen LogP contribution in [0.2, 0.25) is 5.02 Å². The van der Waals surface area contributed by atoms with Gasteiger partial charge in [0.15, 0.2) is 0 Å². The molecule has 1 aromatic carbocycles. The summed E-state index contributed by atoms with van der Waals surface area (Å²) in [6.45, 7) is 1.27. The van der Waals surface area contributed by atoms with E-state index >= 15 is 0 Å². The van der Waals surface area contributed by atoms with Gasteiger partial charge in [-0.05, 0) is 43.2 Å². The molecule has 2 heterocycles. The van der Waals surface area contributed by atoms with Crippen molar-refractivity contribution in [1.82, 2.24) is 4.57 Å². The highest BCUT2D eigenvalue weighted by Gasteiger charge is 2.36. The van der Waals surface area contributed by atoms with Gasteiger partial charge in [-0.15, -0.1) is 0 Å². The number of hydrogen-bond acceptors (Lipinski definition) is 2. The van der Waals surface area contributed by atoms with Crippen molar-refractivity contribution in [2.45, 2.75) is 24.8 Å². The number of hydrogen-bond donors (Lipinski definition) is 1. The molecule has 0 aliphatic carbocycles. The van der Waals surface area contributed by atoms with E-state index < -0.39 is 5.82 Å². The van der Waals surface area contributed by atoms with Crippen molar-refractivity contribution in [3.63, 3.8) is 0 Å². The minimum Gasteiger partial charge on any atom is -0.381 e. The molecule has 122 valence electrons. The Bertz CT molecular complexity index is 682. The van der Waals surface area contributed by atoms with Crippen LogP contribution in [-0.4, -0.2) is 23.7 Å². The molecule has 1 aliphatic heterocycles. The second kappa shape index (κ2) is 6.72. The van der Waals surface area contributed by atoms with Crippen LogP contribution in [0.5, 0.6) is 0 Å². The van der Waals surface area contributed by atoms with Gasteiger partial charge in [0, 0.05) is 31.3 Å². The van der Waals surface area contributed by atoms with Crippen LogP contribution >= 0.6 is 11.6 Å². The fourth-order valence-corrected chi connectivity index (χ4v) is 3.19. The third-order valence-corrected chi connectivity index (χ3v) is 4.56. The minimum atomic E-state index is -0.502. The third kappa shape index (κ3) is 3.57. The van der Waals surface area contributed by atoms with E-state index in [-0.39, 0.29) is 16.5 Å². The maximum absolute atomic E-state index is 13.2. The highest BCUT2D eigenvalue weighted by Crippen LogP contribution is 2.33. The van der Waals surface area contributed by atoms with Crippen LogP contribution in [-0.2, 0) is 15.1 Å². The second-order valence-electron chi connectivity index (χ2n) is 5.78. The fraction of sp³-hybridized carbons (Fsp3) is 0.353. The Morgan fingerprint density at radius 1 is 1.30 bits per heavy atom. The standard InChI is InChI=1S/C17H18ClFN2O2/c18-14-11-13(3-4-15(14)19)20-16(22)12-17(5-9-23-10-6-17)21-7-1-2-8-21/h1-4,7-8,11H,5-6,9-10,12H2,(H,20,22). The average molecular weight is 337 g/mol. The van der Waals surface area contributed by atoms with Crippen LogP contribution in [0.15, 0.2) is 42.7 Å². The maximum Gasteiger partial charge on any atom is 0.226 e. The van der Waals surface area contributed by atoms with Gasteiger partial charge < -0.3 is 14.6 Å². The summed E-state index contributed by atoms with van der Waals surface area (Å²) in [6, 6.07) is 8.07. The van der Waals surface area contributed by atoms with Crippen molar-refractivity contribution >= 4 is 23.2 Å². The molecule has 4 nitrogen and oxygen atoms in total. The Kier molecular flexibility index (Phi) is 4.68. The van der Waals surface area contributed by atoms with Gasteiger partial charge in [-0.1, -0.05) is 11.6 Å². The summed E-state index contributed by atoms with van der Waals surface area (Å²) in [4.78, 5) is 12.5. The van der Waals surface area contributed by atoms with Crippen LogP contribution < -0.4 is 5.32 Å². The van der Waals surface area contributed by atoms with Crippen LogP contribution in [0, 0.1) is 5.82 Å². The van der Waals surface area contributed by atoms with E-state index in [1.54, 1.807) is 0 Å². The molecule has 6 heteroatoms. The van der Waals surface area contributed by atoms with Crippen molar-refractivity contribution < 1.29 is 13.9 Å². The molecule has 0 spiro atoms. The Labute approximate surface area is 139 Å². The molecule has 1 aliphatic rings. The Morgan fingerprint density at radius 3 is 2.65 bits per heavy atom. The third-order valence-electron chi connectivity index (χ3n) is 4.27. The molecule has 1 N–H and O–H groups in total. The van der Waals surface area contributed by atoms with E-state index in [1.807, 2.05) is 24.5 Å². The predicted octanol–water partition coefficient (Wildman–Crippen LogP) is 3.82. The molecule has 1 amide bonds. The fourth-order valence-electron chi connectivity index (χ4n) is 3.01. The van der Waals surface area contributed by atoms with Gasteiger partial charge in [0.2, 0.25) is 5.91 Å². The molecule has 3 rings (SSSR count). The first-order valence-electron chi connectivity index (χ1n) is 7.55. The molecule has 0 saturated carbocycles. The van der Waals surface area contributed by atoms with E-state index in [0.717, 1.165) is 12.8 Å². The number of carbonyl (C=O) groups is 1. The Morgan fingerprint density at radius 2 is 2.00 bits per heavy atom. The summed E-state index contributed by atoms with van der Waals surface area (Å²) in [5.41, 5.74) is 0.214. The first kappa shape index (κ1) is 16.0. The summed E-state index contributed by atoms with van der Waals surface area (Å²) in [7, 11) is 0. The number of anilines is 1. The van der Waals surface area contributed by atoms with Gasteiger partial charge in [0.25, 0.3) is 0 Å². The predicted molar refractivity (Wildman–Crippen MR) is 87.1 cm³/mol. The van der Waals surface area contributed by atoms with E-state index in [9.17, 15) is 9.18 Å². The van der Waals surface area contributed by atoms with Gasteiger partial charge in [-0.2, -0.15) is 0 Å². The molecular formula is C17H18ClFN2O2. The number of halogens is 2. The van der Waals surface area contributed by atoms with Gasteiger partial charge in [-0.25, -0.2) is 4.39 Å². The van der Waals surface area contributed by atoms with Gasteiger partial charge in [0.05, 0.1) is 17.0 Å². The van der Waals surface area contributed by atoms with E-state index in [1.165, 1.54) is 18.2 Å². The van der Waals surface area contributed by atoms with Gasteiger partial charge >= 0.3 is 0 Å². The average Bonchev–Trinajstić information content (AvgIpc) is 3.07. The molecular weight excluding hydrogens is 319 g/mol. The zero-order valence-electron chi connectivity index (χ0n) is 12.6. The summed E-state index contributed by atoms with van der Waals surface area (Å²) >= 11 is 5.75. The summed E-state index contributed by atoms with van der Waals surface area (Å²) < 4.78 is 20.7. The number of nitrogens with one attached hydrogen (secondary N) is 1. The van der Waals surface area contributed by atoms with Crippen molar-refractivity contribution in [1.29, 1.82) is 0 Å². The molecule has 0 radical (unpaired) electrons. The summed E-state index contributed by atoms with van der Waals surface area (Å²) in [5.74, 6) is -0.624. The number of amides is 1. The molecule has 2 aromatic rings. The van der Waals surface area contributed by atoms with E-state index in [2.05, 4.69) is 9.88 Å². The highest BCUT2D eigenvalue weighted by atomic mass is 35.5. The number of carbonyl (C=O) groups excluding carboxylic acids is 1. The van der Waals surface area contributed by atoms with Crippen LogP contribution in [0.25, 0.3) is 0 Å². The molecule has 1 fully saturated rings. The zero-order valence-corrected chi connectivity index (χ0v) is 13.4. The lowest BCUT2D eigenvalue weighted by Gasteiger charge is -2.38. The number of benzene rings is 1. The quantitative estimate of drug-likeness (QED) is 0.922. The number of nitrogens with zero attached hydrogens (tertiary/aromatic N) is 1. The molecule has 23 heavy (non-hydrogen) atoms. The van der Waals surface area contributed by atoms with E-state index in [4.69, 9.17) is 16.3 Å². The Hall–Kier alpha value is -1.85. The minimum absolute atomic E-state index is 0.00557. The smallest absolute Gasteiger partial charge is 0.226 e. The van der Waals surface area contributed by atoms with Gasteiger partial charge in [0.1, 0.15) is 5.82 Å². The summed E-state index contributed by atoms with van der Waals surface area (Å²) in [6.07, 6.45) is 5.85. The van der Waals surface area contributed by atoms with E-state index in [0.29, 0.717) is 25.3 Å². The monoisotopic (exact) mass is 336 g/mol. The Balaban J connectivity index is 1.74. The van der Waals surface area contributed by atoms with Crippen molar-refractivity contribution in [2.75, 3.05) is 18.5 Å². The molecule has 1 aromatic heterocycles. The maximum atomic E-state index is 13.2. The molecule has 0 atom stereocenters. The lowest BCUT2D eigenvalue weighted by atomic mass is 9.86. The van der Waals surface area contributed by atoms with Crippen LogP contribution in [0.4, 0.5) is 10.1 Å². The van der Waals surface area contributed by atoms with Crippen molar-refractivity contribution in [3.8, 4) is 0 Å². The normalized spacial score (nSPS) is 17.0. The van der Waals surface area contributed by atoms with Crippen molar-refractivity contribution in [3.05, 3.63) is 53.6 Å². The van der Waals surface area contributed by atoms with Crippen molar-refractivity contribution in [2.24, 2.45) is 0 Å². The largest absolute Gasteiger partial charge is 0.381 e. The highest BCUT2D eigenvalue weighted by molar-refractivity contribution is 6.31. The number of rotatable bonds is 4. The lowest BCUT2D eigenvalue weighted by Crippen LogP contribution is -2.42. The molecule has 0 unspecified atom stereocenters. The molecule has 0 bridgehead atoms. The SMILES string of the molecule is O=C(CC1(n2cccc2)CCOCC1)Nc1ccc(F)c(Cl)c1. The summed E-state index contributed by atoms with van der Waals surface area (Å²) in [5, 5.41) is 2.79. The number of ether oxygens (including phenoxy) is 1. The second-order valence-corrected chi connectivity index (χ2v) is 6.19. The topological polar surface area (TPSA) is 43.3 Å². The lowest BCUT2D eigenvalue weighted by molar-refractivity contribution is -0.119. The van der Waals surface area contributed by atoms with Crippen LogP contribution in [0.1, 0.15) is 19.3 Å². The number of aromatic nitrogens is 1. The first-order chi connectivity index (χ1) is 11.1. The first-order valence-corrected chi connectivity index (χ1v) is 7.93.